The topological polar surface area (TPSA) is 78.0 Å². The predicted octanol–water partition coefficient (Wildman–Crippen LogP) is 0.724. The van der Waals surface area contributed by atoms with E-state index in [4.69, 9.17) is 0 Å². The molecule has 0 radical (unpaired) electrons. The van der Waals surface area contributed by atoms with Gasteiger partial charge in [0.05, 0.1) is 4.90 Å². The van der Waals surface area contributed by atoms with Crippen molar-refractivity contribution in [3.8, 4) is 0 Å². The summed E-state index contributed by atoms with van der Waals surface area (Å²) in [6.07, 6.45) is 0.904. The van der Waals surface area contributed by atoms with Crippen molar-refractivity contribution in [1.29, 1.82) is 0 Å². The molecule has 3 fully saturated rings. The van der Waals surface area contributed by atoms with Crippen LogP contribution in [0.3, 0.4) is 0 Å². The lowest BCUT2D eigenvalue weighted by Crippen LogP contribution is -2.58. The summed E-state index contributed by atoms with van der Waals surface area (Å²) >= 11 is 1.52. The number of hydrogen-bond acceptors (Lipinski definition) is 5. The van der Waals surface area contributed by atoms with Gasteiger partial charge in [-0.15, -0.1) is 11.8 Å². The smallest absolute Gasteiger partial charge is 0.259 e. The quantitative estimate of drug-likeness (QED) is 0.730. The number of carbonyl (C=O) groups excluding carboxylic acids is 2. The van der Waals surface area contributed by atoms with Gasteiger partial charge in [-0.1, -0.05) is 0 Å². The summed E-state index contributed by atoms with van der Waals surface area (Å²) in [6, 6.07) is 4.74. The zero-order chi connectivity index (χ0) is 19.2. The summed E-state index contributed by atoms with van der Waals surface area (Å²) in [5, 5.41) is 0. The molecule has 3 saturated heterocycles. The van der Waals surface area contributed by atoms with E-state index in [1.165, 1.54) is 28.2 Å². The van der Waals surface area contributed by atoms with Gasteiger partial charge in [0.1, 0.15) is 5.82 Å². The van der Waals surface area contributed by atoms with Crippen molar-refractivity contribution in [1.82, 2.24) is 14.1 Å². The molecule has 0 N–H and O–H groups in total. The molecule has 0 spiro atoms. The maximum Gasteiger partial charge on any atom is 0.259 e. The van der Waals surface area contributed by atoms with Crippen LogP contribution in [0.15, 0.2) is 29.2 Å². The molecule has 4 rings (SSSR count). The maximum atomic E-state index is 13.1. The van der Waals surface area contributed by atoms with Crippen LogP contribution in [0.25, 0.3) is 0 Å². The van der Waals surface area contributed by atoms with Crippen LogP contribution in [0.5, 0.6) is 0 Å². The molecule has 0 aliphatic carbocycles. The third kappa shape index (κ3) is 3.03. The Kier molecular flexibility index (Phi) is 4.68. The number of piperazine rings is 1. The van der Waals surface area contributed by atoms with E-state index in [0.29, 0.717) is 19.4 Å². The largest absolute Gasteiger partial charge is 0.337 e. The fraction of sp³-hybridized carbons (Fsp3) is 0.529. The third-order valence-electron chi connectivity index (χ3n) is 5.38. The van der Waals surface area contributed by atoms with Crippen LogP contribution in [-0.2, 0) is 19.6 Å². The van der Waals surface area contributed by atoms with E-state index in [1.54, 1.807) is 9.80 Å². The third-order valence-corrected chi connectivity index (χ3v) is 8.76. The lowest BCUT2D eigenvalue weighted by Gasteiger charge is -2.39. The van der Waals surface area contributed by atoms with E-state index in [0.717, 1.165) is 17.9 Å². The van der Waals surface area contributed by atoms with Crippen molar-refractivity contribution in [3.63, 3.8) is 0 Å². The summed E-state index contributed by atoms with van der Waals surface area (Å²) < 4.78 is 39.8. The first-order valence-electron chi connectivity index (χ1n) is 8.84. The molecule has 146 valence electrons. The Morgan fingerprint density at radius 1 is 1.07 bits per heavy atom. The molecular formula is C17H20FN3O4S2. The van der Waals surface area contributed by atoms with Crippen LogP contribution in [0.1, 0.15) is 12.8 Å². The fourth-order valence-electron chi connectivity index (χ4n) is 3.93. The van der Waals surface area contributed by atoms with Crippen molar-refractivity contribution >= 4 is 33.6 Å². The molecule has 1 aromatic carbocycles. The standard InChI is InChI=1S/C17H20FN3O4S2/c18-13-1-3-14(4-2-13)27(24,25)20-9-7-19(8-10-20)16(23)17-6-5-15(22)21(17)11-12-26-17/h1-4H,5-12H2/t17-/m1/s1. The number of rotatable bonds is 3. The van der Waals surface area contributed by atoms with E-state index in [2.05, 4.69) is 0 Å². The molecule has 0 aromatic heterocycles. The maximum absolute atomic E-state index is 13.1. The van der Waals surface area contributed by atoms with Gasteiger partial charge in [0.15, 0.2) is 4.87 Å². The lowest BCUT2D eigenvalue weighted by molar-refractivity contribution is -0.143. The fourth-order valence-corrected chi connectivity index (χ4v) is 6.81. The van der Waals surface area contributed by atoms with Gasteiger partial charge in [-0.25, -0.2) is 12.8 Å². The zero-order valence-corrected chi connectivity index (χ0v) is 16.3. The van der Waals surface area contributed by atoms with Crippen molar-refractivity contribution < 1.29 is 22.4 Å². The van der Waals surface area contributed by atoms with Crippen LogP contribution < -0.4 is 0 Å². The molecule has 0 bridgehead atoms. The van der Waals surface area contributed by atoms with Crippen molar-refractivity contribution in [3.05, 3.63) is 30.1 Å². The summed E-state index contributed by atoms with van der Waals surface area (Å²) in [5.41, 5.74) is 0. The second-order valence-corrected chi connectivity index (χ2v) is 10.1. The van der Waals surface area contributed by atoms with Gasteiger partial charge in [0, 0.05) is 44.9 Å². The molecule has 3 heterocycles. The summed E-state index contributed by atoms with van der Waals surface area (Å²) in [7, 11) is -3.72. The Hall–Kier alpha value is -1.65. The van der Waals surface area contributed by atoms with Crippen LogP contribution >= 0.6 is 11.8 Å². The number of halogens is 1. The number of hydrogen-bond donors (Lipinski definition) is 0. The van der Waals surface area contributed by atoms with Gasteiger partial charge in [-0.05, 0) is 30.7 Å². The highest BCUT2D eigenvalue weighted by atomic mass is 32.2. The van der Waals surface area contributed by atoms with E-state index < -0.39 is 20.7 Å². The van der Waals surface area contributed by atoms with Crippen molar-refractivity contribution in [2.45, 2.75) is 22.6 Å². The summed E-state index contributed by atoms with van der Waals surface area (Å²) in [4.78, 5) is 27.8. The highest BCUT2D eigenvalue weighted by Crippen LogP contribution is 2.46. The van der Waals surface area contributed by atoms with Crippen LogP contribution in [0.4, 0.5) is 4.39 Å². The Morgan fingerprint density at radius 3 is 2.41 bits per heavy atom. The lowest BCUT2D eigenvalue weighted by atomic mass is 10.1. The number of amides is 2. The molecule has 0 saturated carbocycles. The first-order valence-corrected chi connectivity index (χ1v) is 11.3. The van der Waals surface area contributed by atoms with Gasteiger partial charge in [-0.3, -0.25) is 9.59 Å². The Labute approximate surface area is 161 Å². The van der Waals surface area contributed by atoms with Gasteiger partial charge in [0.25, 0.3) is 5.91 Å². The minimum atomic E-state index is -3.72. The van der Waals surface area contributed by atoms with Crippen LogP contribution in [0, 0.1) is 5.82 Å². The average molecular weight is 413 g/mol. The summed E-state index contributed by atoms with van der Waals surface area (Å²) in [6.45, 7) is 1.52. The Bertz CT molecular complexity index is 869. The zero-order valence-electron chi connectivity index (χ0n) is 14.6. The molecule has 7 nitrogen and oxygen atoms in total. The van der Waals surface area contributed by atoms with E-state index in [-0.39, 0.29) is 42.9 Å². The number of fused-ring (bicyclic) bond motifs is 1. The predicted molar refractivity (Wildman–Crippen MR) is 97.9 cm³/mol. The van der Waals surface area contributed by atoms with Crippen LogP contribution in [0.2, 0.25) is 0 Å². The first-order chi connectivity index (χ1) is 12.8. The minimum Gasteiger partial charge on any atom is -0.337 e. The highest BCUT2D eigenvalue weighted by Gasteiger charge is 2.56. The molecule has 1 aromatic rings. The molecule has 1 atom stereocenters. The minimum absolute atomic E-state index is 0.0193. The number of carbonyl (C=O) groups is 2. The van der Waals surface area contributed by atoms with Crippen molar-refractivity contribution in [2.75, 3.05) is 38.5 Å². The van der Waals surface area contributed by atoms with Crippen molar-refractivity contribution in [2.24, 2.45) is 0 Å². The Morgan fingerprint density at radius 2 is 1.74 bits per heavy atom. The van der Waals surface area contributed by atoms with Gasteiger partial charge in [-0.2, -0.15) is 4.31 Å². The average Bonchev–Trinajstić information content (AvgIpc) is 3.23. The highest BCUT2D eigenvalue weighted by molar-refractivity contribution is 8.01. The van der Waals surface area contributed by atoms with E-state index in [1.807, 2.05) is 0 Å². The normalized spacial score (nSPS) is 26.5. The number of nitrogens with zero attached hydrogens (tertiary/aromatic N) is 3. The van der Waals surface area contributed by atoms with E-state index >= 15 is 0 Å². The SMILES string of the molecule is O=C1CC[C@]2(C(=O)N3CCN(S(=O)(=O)c4ccc(F)cc4)CC3)SCCN12. The molecule has 3 aliphatic heterocycles. The molecule has 3 aliphatic rings. The van der Waals surface area contributed by atoms with Crippen LogP contribution in [-0.4, -0.2) is 77.7 Å². The molecule has 0 unspecified atom stereocenters. The Balaban J connectivity index is 1.45. The molecular weight excluding hydrogens is 393 g/mol. The summed E-state index contributed by atoms with van der Waals surface area (Å²) in [5.74, 6) is 0.185. The van der Waals surface area contributed by atoms with E-state index in [9.17, 15) is 22.4 Å². The monoisotopic (exact) mass is 413 g/mol. The number of thioether (sulfide) groups is 1. The number of sulfonamides is 1. The molecule has 2 amide bonds. The van der Waals surface area contributed by atoms with Gasteiger partial charge >= 0.3 is 0 Å². The number of benzene rings is 1. The molecule has 27 heavy (non-hydrogen) atoms. The molecule has 10 heteroatoms. The second kappa shape index (κ2) is 6.75. The van der Waals surface area contributed by atoms with Gasteiger partial charge < -0.3 is 9.80 Å². The second-order valence-electron chi connectivity index (χ2n) is 6.83. The van der Waals surface area contributed by atoms with Gasteiger partial charge in [0.2, 0.25) is 15.9 Å². The first kappa shape index (κ1) is 18.7.